The average molecular weight is 495 g/mol. The van der Waals surface area contributed by atoms with Gasteiger partial charge in [0, 0.05) is 5.56 Å². The van der Waals surface area contributed by atoms with Gasteiger partial charge in [0.15, 0.2) is 11.6 Å². The Bertz CT molecular complexity index is 785. The van der Waals surface area contributed by atoms with Gasteiger partial charge in [0.1, 0.15) is 5.75 Å². The van der Waals surface area contributed by atoms with Gasteiger partial charge >= 0.3 is 0 Å². The molecule has 0 radical (unpaired) electrons. The summed E-state index contributed by atoms with van der Waals surface area (Å²) in [6.07, 6.45) is 27.9. The van der Waals surface area contributed by atoms with Gasteiger partial charge in [-0.3, -0.25) is 0 Å². The highest BCUT2D eigenvalue weighted by Gasteiger charge is 2.13. The van der Waals surface area contributed by atoms with Crippen molar-refractivity contribution >= 4 is 0 Å². The van der Waals surface area contributed by atoms with Crippen molar-refractivity contribution in [1.82, 2.24) is 9.97 Å². The highest BCUT2D eigenvalue weighted by Crippen LogP contribution is 2.29. The van der Waals surface area contributed by atoms with Crippen LogP contribution in [0.4, 0.5) is 0 Å². The number of benzene rings is 1. The van der Waals surface area contributed by atoms with Crippen LogP contribution in [0.1, 0.15) is 122 Å². The molecule has 4 nitrogen and oxygen atoms in total. The van der Waals surface area contributed by atoms with Crippen LogP contribution in [0.2, 0.25) is 0 Å². The van der Waals surface area contributed by atoms with Crippen molar-refractivity contribution in [3.05, 3.63) is 36.7 Å². The zero-order chi connectivity index (χ0) is 25.1. The van der Waals surface area contributed by atoms with Crippen molar-refractivity contribution in [2.75, 3.05) is 13.2 Å². The summed E-state index contributed by atoms with van der Waals surface area (Å²) in [5.41, 5.74) is 0.999. The number of ether oxygens (including phenoxy) is 2. The van der Waals surface area contributed by atoms with Gasteiger partial charge in [0.2, 0.25) is 0 Å². The Morgan fingerprint density at radius 3 is 1.78 bits per heavy atom. The maximum atomic E-state index is 5.91. The Labute approximate surface area is 220 Å². The lowest BCUT2D eigenvalue weighted by Gasteiger charge is -2.09. The molecule has 1 saturated carbocycles. The van der Waals surface area contributed by atoms with Gasteiger partial charge in [-0.15, -0.1) is 0 Å². The summed E-state index contributed by atoms with van der Waals surface area (Å²) < 4.78 is 11.8. The third-order valence-corrected chi connectivity index (χ3v) is 7.51. The SMILES string of the molecule is CCCCCCCCCCOc1ccc(-c2ncc(OCCCCCCCC3CCCC3)cn2)cc1. The maximum absolute atomic E-state index is 5.91. The minimum Gasteiger partial charge on any atom is -0.494 e. The Morgan fingerprint density at radius 2 is 1.17 bits per heavy atom. The Hall–Kier alpha value is -2.10. The molecule has 1 aromatic heterocycles. The number of hydrogen-bond acceptors (Lipinski definition) is 4. The second kappa shape index (κ2) is 18.2. The van der Waals surface area contributed by atoms with E-state index >= 15 is 0 Å². The minimum absolute atomic E-state index is 0.722. The lowest BCUT2D eigenvalue weighted by Crippen LogP contribution is -1.99. The molecule has 1 aliphatic carbocycles. The molecule has 0 spiro atoms. The molecule has 3 rings (SSSR count). The largest absolute Gasteiger partial charge is 0.494 e. The maximum Gasteiger partial charge on any atom is 0.159 e. The van der Waals surface area contributed by atoms with Crippen LogP contribution in [0.3, 0.4) is 0 Å². The molecular weight excluding hydrogens is 444 g/mol. The van der Waals surface area contributed by atoms with Gasteiger partial charge in [0.05, 0.1) is 25.6 Å². The van der Waals surface area contributed by atoms with Crippen molar-refractivity contribution in [3.8, 4) is 22.9 Å². The lowest BCUT2D eigenvalue weighted by molar-refractivity contribution is 0.301. The van der Waals surface area contributed by atoms with Crippen LogP contribution < -0.4 is 9.47 Å². The van der Waals surface area contributed by atoms with E-state index in [0.29, 0.717) is 0 Å². The summed E-state index contributed by atoms with van der Waals surface area (Å²) in [4.78, 5) is 9.00. The Balaban J connectivity index is 1.22. The van der Waals surface area contributed by atoms with E-state index in [1.165, 1.54) is 103 Å². The molecule has 0 unspecified atom stereocenters. The van der Waals surface area contributed by atoms with Crippen molar-refractivity contribution in [2.45, 2.75) is 122 Å². The number of aromatic nitrogens is 2. The van der Waals surface area contributed by atoms with Crippen molar-refractivity contribution in [1.29, 1.82) is 0 Å². The molecule has 1 aliphatic rings. The van der Waals surface area contributed by atoms with E-state index in [4.69, 9.17) is 9.47 Å². The van der Waals surface area contributed by atoms with Crippen molar-refractivity contribution < 1.29 is 9.47 Å². The van der Waals surface area contributed by atoms with E-state index in [1.54, 1.807) is 12.4 Å². The third kappa shape index (κ3) is 11.8. The first-order chi connectivity index (χ1) is 17.8. The van der Waals surface area contributed by atoms with E-state index in [0.717, 1.165) is 54.9 Å². The Kier molecular flexibility index (Phi) is 14.4. The van der Waals surface area contributed by atoms with Gasteiger partial charge in [-0.05, 0) is 43.0 Å². The normalized spacial score (nSPS) is 13.8. The molecule has 0 bridgehead atoms. The molecule has 0 aliphatic heterocycles. The van der Waals surface area contributed by atoms with Crippen LogP contribution in [0.15, 0.2) is 36.7 Å². The smallest absolute Gasteiger partial charge is 0.159 e. The van der Waals surface area contributed by atoms with Crippen LogP contribution >= 0.6 is 0 Å². The van der Waals surface area contributed by atoms with Crippen molar-refractivity contribution in [3.63, 3.8) is 0 Å². The van der Waals surface area contributed by atoms with E-state index in [1.807, 2.05) is 24.3 Å². The molecule has 1 fully saturated rings. The van der Waals surface area contributed by atoms with Crippen LogP contribution in [0.25, 0.3) is 11.4 Å². The predicted octanol–water partition coefficient (Wildman–Crippen LogP) is 9.57. The van der Waals surface area contributed by atoms with Crippen LogP contribution in [-0.2, 0) is 0 Å². The third-order valence-electron chi connectivity index (χ3n) is 7.51. The summed E-state index contributed by atoms with van der Waals surface area (Å²) in [5.74, 6) is 3.43. The van der Waals surface area contributed by atoms with E-state index in [9.17, 15) is 0 Å². The van der Waals surface area contributed by atoms with Crippen LogP contribution in [0.5, 0.6) is 11.5 Å². The summed E-state index contributed by atoms with van der Waals surface area (Å²) in [5, 5.41) is 0. The molecule has 2 aromatic rings. The molecule has 0 N–H and O–H groups in total. The first-order valence-corrected chi connectivity index (χ1v) is 15.0. The highest BCUT2D eigenvalue weighted by molar-refractivity contribution is 5.56. The average Bonchev–Trinajstić information content (AvgIpc) is 3.44. The van der Waals surface area contributed by atoms with E-state index in [-0.39, 0.29) is 0 Å². The predicted molar refractivity (Wildman–Crippen MR) is 151 cm³/mol. The summed E-state index contributed by atoms with van der Waals surface area (Å²) >= 11 is 0. The fourth-order valence-corrected chi connectivity index (χ4v) is 5.22. The fraction of sp³-hybridized carbons (Fsp3) is 0.688. The van der Waals surface area contributed by atoms with Crippen LogP contribution in [-0.4, -0.2) is 23.2 Å². The molecule has 4 heteroatoms. The van der Waals surface area contributed by atoms with Gasteiger partial charge in [-0.25, -0.2) is 9.97 Å². The fourth-order valence-electron chi connectivity index (χ4n) is 5.22. The summed E-state index contributed by atoms with van der Waals surface area (Å²) in [6.45, 7) is 3.80. The number of hydrogen-bond donors (Lipinski definition) is 0. The van der Waals surface area contributed by atoms with E-state index < -0.39 is 0 Å². The molecule has 200 valence electrons. The van der Waals surface area contributed by atoms with Gasteiger partial charge < -0.3 is 9.47 Å². The molecular formula is C32H50N2O2. The first kappa shape index (κ1) is 28.5. The van der Waals surface area contributed by atoms with Crippen LogP contribution in [0, 0.1) is 5.92 Å². The zero-order valence-electron chi connectivity index (χ0n) is 22.9. The number of unbranched alkanes of at least 4 members (excludes halogenated alkanes) is 11. The van der Waals surface area contributed by atoms with Crippen molar-refractivity contribution in [2.24, 2.45) is 5.92 Å². The molecule has 1 aromatic carbocycles. The topological polar surface area (TPSA) is 44.2 Å². The second-order valence-electron chi connectivity index (χ2n) is 10.6. The molecule has 0 atom stereocenters. The number of rotatable bonds is 20. The first-order valence-electron chi connectivity index (χ1n) is 15.0. The molecule has 1 heterocycles. The monoisotopic (exact) mass is 494 g/mol. The molecule has 0 saturated heterocycles. The van der Waals surface area contributed by atoms with Gasteiger partial charge in [-0.2, -0.15) is 0 Å². The Morgan fingerprint density at radius 1 is 0.639 bits per heavy atom. The lowest BCUT2D eigenvalue weighted by atomic mass is 9.99. The standard InChI is InChI=1S/C32H50N2O2/c1-2-3-4-5-6-7-10-15-24-35-30-22-20-29(21-23-30)32-33-26-31(27-34-32)36-25-16-11-8-9-12-17-28-18-13-14-19-28/h20-23,26-28H,2-19,24-25H2,1H3. The summed E-state index contributed by atoms with van der Waals surface area (Å²) in [7, 11) is 0. The molecule has 0 amide bonds. The van der Waals surface area contributed by atoms with E-state index in [2.05, 4.69) is 16.9 Å². The second-order valence-corrected chi connectivity index (χ2v) is 10.6. The van der Waals surface area contributed by atoms with Gasteiger partial charge in [-0.1, -0.05) is 110 Å². The minimum atomic E-state index is 0.722. The van der Waals surface area contributed by atoms with Gasteiger partial charge in [0.25, 0.3) is 0 Å². The highest BCUT2D eigenvalue weighted by atomic mass is 16.5. The number of nitrogens with zero attached hydrogens (tertiary/aromatic N) is 2. The zero-order valence-corrected chi connectivity index (χ0v) is 22.9. The molecule has 36 heavy (non-hydrogen) atoms. The quantitative estimate of drug-likeness (QED) is 0.172. The summed E-state index contributed by atoms with van der Waals surface area (Å²) in [6, 6.07) is 8.10.